The predicted octanol–water partition coefficient (Wildman–Crippen LogP) is 2.90. The lowest BCUT2D eigenvalue weighted by molar-refractivity contribution is -0.468. The van der Waals surface area contributed by atoms with Crippen molar-refractivity contribution in [1.29, 1.82) is 0 Å². The summed E-state index contributed by atoms with van der Waals surface area (Å²) in [5.74, 6) is 0.228. The van der Waals surface area contributed by atoms with Crippen LogP contribution in [0.15, 0.2) is 30.3 Å². The molecule has 0 aliphatic rings. The number of hydrogen-bond acceptors (Lipinski definition) is 4. The Hall–Kier alpha value is -1.88. The normalized spacial score (nSPS) is 11.2. The molecule has 0 radical (unpaired) electrons. The molecule has 0 aliphatic carbocycles. The van der Waals surface area contributed by atoms with Gasteiger partial charge in [-0.15, -0.1) is 11.3 Å². The second-order valence-electron chi connectivity index (χ2n) is 3.29. The minimum absolute atomic E-state index is 0.167. The molecule has 0 bridgehead atoms. The molecule has 1 aromatic carbocycles. The second-order valence-corrected chi connectivity index (χ2v) is 4.40. The third-order valence-corrected chi connectivity index (χ3v) is 3.14. The largest absolute Gasteiger partial charge is 0.508 e. The molecule has 0 amide bonds. The van der Waals surface area contributed by atoms with Gasteiger partial charge in [0, 0.05) is 14.5 Å². The summed E-state index contributed by atoms with van der Waals surface area (Å²) in [6.45, 7) is -0.167. The molecule has 0 spiro atoms. The van der Waals surface area contributed by atoms with Gasteiger partial charge in [-0.05, 0) is 41.8 Å². The van der Waals surface area contributed by atoms with Gasteiger partial charge in [-0.2, -0.15) is 0 Å². The molecule has 5 heteroatoms. The van der Waals surface area contributed by atoms with Gasteiger partial charge in [-0.3, -0.25) is 10.1 Å². The van der Waals surface area contributed by atoms with E-state index < -0.39 is 0 Å². The van der Waals surface area contributed by atoms with E-state index in [1.807, 2.05) is 12.1 Å². The summed E-state index contributed by atoms with van der Waals surface area (Å²) in [5.41, 5.74) is 0. The van der Waals surface area contributed by atoms with Crippen molar-refractivity contribution in [1.82, 2.24) is 0 Å². The fraction of sp³-hybridized carbons (Fsp3) is 0.0909. The van der Waals surface area contributed by atoms with E-state index in [1.54, 1.807) is 18.2 Å². The number of rotatable bonds is 3. The first-order valence-corrected chi connectivity index (χ1v) is 5.48. The standard InChI is InChI=1S/C11H9NO3S/c13-9-3-4-11-8(6-9)7-10(16-11)2-1-5-12(14)15/h1-4,6-7,13H,5H2. The summed E-state index contributed by atoms with van der Waals surface area (Å²) in [6, 6.07) is 7.04. The number of thiophene rings is 1. The van der Waals surface area contributed by atoms with Crippen molar-refractivity contribution < 1.29 is 10.0 Å². The molecule has 0 atom stereocenters. The molecule has 0 aliphatic heterocycles. The summed E-state index contributed by atoms with van der Waals surface area (Å²) in [7, 11) is 0. The van der Waals surface area contributed by atoms with E-state index in [1.165, 1.54) is 17.4 Å². The highest BCUT2D eigenvalue weighted by molar-refractivity contribution is 7.19. The van der Waals surface area contributed by atoms with Gasteiger partial charge >= 0.3 is 0 Å². The van der Waals surface area contributed by atoms with E-state index in [-0.39, 0.29) is 17.2 Å². The van der Waals surface area contributed by atoms with E-state index in [0.717, 1.165) is 15.0 Å². The lowest BCUT2D eigenvalue weighted by Gasteiger charge is -1.89. The van der Waals surface area contributed by atoms with Crippen LogP contribution in [0.3, 0.4) is 0 Å². The van der Waals surface area contributed by atoms with Crippen LogP contribution in [-0.4, -0.2) is 16.6 Å². The molecular weight excluding hydrogens is 226 g/mol. The molecule has 0 saturated heterocycles. The van der Waals surface area contributed by atoms with E-state index in [2.05, 4.69) is 0 Å². The van der Waals surface area contributed by atoms with Gasteiger partial charge in [0.1, 0.15) is 5.75 Å². The Labute approximate surface area is 95.6 Å². The third-order valence-electron chi connectivity index (χ3n) is 2.06. The maximum atomic E-state index is 10.1. The Morgan fingerprint density at radius 3 is 3.00 bits per heavy atom. The van der Waals surface area contributed by atoms with Crippen LogP contribution >= 0.6 is 11.3 Å². The molecule has 16 heavy (non-hydrogen) atoms. The molecule has 1 aromatic heterocycles. The lowest BCUT2D eigenvalue weighted by atomic mass is 10.2. The number of nitro groups is 1. The second kappa shape index (κ2) is 4.32. The number of fused-ring (bicyclic) bond motifs is 1. The average Bonchev–Trinajstić information content (AvgIpc) is 2.58. The van der Waals surface area contributed by atoms with E-state index >= 15 is 0 Å². The molecule has 0 saturated carbocycles. The SMILES string of the molecule is O=[N+]([O-])CC=Cc1cc2cc(O)ccc2s1. The van der Waals surface area contributed by atoms with Crippen molar-refractivity contribution in [3.8, 4) is 5.75 Å². The zero-order valence-electron chi connectivity index (χ0n) is 8.29. The van der Waals surface area contributed by atoms with Crippen molar-refractivity contribution >= 4 is 27.5 Å². The van der Waals surface area contributed by atoms with Crippen molar-refractivity contribution in [2.45, 2.75) is 0 Å². The Morgan fingerprint density at radius 2 is 2.25 bits per heavy atom. The highest BCUT2D eigenvalue weighted by Gasteiger charge is 2.00. The van der Waals surface area contributed by atoms with Crippen molar-refractivity contribution in [3.63, 3.8) is 0 Å². The summed E-state index contributed by atoms with van der Waals surface area (Å²) in [4.78, 5) is 10.7. The molecule has 1 N–H and O–H groups in total. The van der Waals surface area contributed by atoms with Gasteiger partial charge in [-0.1, -0.05) is 0 Å². The maximum absolute atomic E-state index is 10.1. The van der Waals surface area contributed by atoms with Crippen molar-refractivity contribution in [3.05, 3.63) is 45.3 Å². The molecule has 2 rings (SSSR count). The van der Waals surface area contributed by atoms with Crippen LogP contribution in [-0.2, 0) is 0 Å². The van der Waals surface area contributed by atoms with Crippen LogP contribution in [0.5, 0.6) is 5.75 Å². The smallest absolute Gasteiger partial charge is 0.222 e. The van der Waals surface area contributed by atoms with Gasteiger partial charge in [0.2, 0.25) is 6.54 Å². The van der Waals surface area contributed by atoms with Crippen LogP contribution in [0.1, 0.15) is 4.88 Å². The van der Waals surface area contributed by atoms with Gasteiger partial charge in [0.15, 0.2) is 0 Å². The van der Waals surface area contributed by atoms with Crippen LogP contribution in [0.2, 0.25) is 0 Å². The molecule has 82 valence electrons. The molecule has 0 unspecified atom stereocenters. The fourth-order valence-electron chi connectivity index (χ4n) is 1.39. The van der Waals surface area contributed by atoms with Crippen LogP contribution < -0.4 is 0 Å². The maximum Gasteiger partial charge on any atom is 0.222 e. The molecule has 0 fully saturated rings. The molecular formula is C11H9NO3S. The zero-order valence-corrected chi connectivity index (χ0v) is 9.11. The summed E-state index contributed by atoms with van der Waals surface area (Å²) < 4.78 is 1.05. The number of aromatic hydroxyl groups is 1. The Morgan fingerprint density at radius 1 is 1.44 bits per heavy atom. The number of phenolic OH excluding ortho intramolecular Hbond substituents is 1. The molecule has 1 heterocycles. The van der Waals surface area contributed by atoms with Gasteiger partial charge in [-0.25, -0.2) is 0 Å². The van der Waals surface area contributed by atoms with Crippen LogP contribution in [0.25, 0.3) is 16.2 Å². The monoisotopic (exact) mass is 235 g/mol. The van der Waals surface area contributed by atoms with E-state index in [9.17, 15) is 15.2 Å². The number of phenols is 1. The third kappa shape index (κ3) is 2.38. The topological polar surface area (TPSA) is 63.4 Å². The minimum atomic E-state index is -0.379. The number of nitrogens with zero attached hydrogens (tertiary/aromatic N) is 1. The summed E-state index contributed by atoms with van der Waals surface area (Å²) in [6.07, 6.45) is 3.25. The average molecular weight is 235 g/mol. The fourth-order valence-corrected chi connectivity index (χ4v) is 2.36. The number of benzene rings is 1. The number of hydrogen-bond donors (Lipinski definition) is 1. The predicted molar refractivity (Wildman–Crippen MR) is 64.4 cm³/mol. The first-order valence-electron chi connectivity index (χ1n) is 4.66. The van der Waals surface area contributed by atoms with Gasteiger partial charge in [0.05, 0.1) is 0 Å². The van der Waals surface area contributed by atoms with Crippen LogP contribution in [0, 0.1) is 10.1 Å². The summed E-state index contributed by atoms with van der Waals surface area (Å²) >= 11 is 1.54. The molecule has 2 aromatic rings. The minimum Gasteiger partial charge on any atom is -0.508 e. The lowest BCUT2D eigenvalue weighted by Crippen LogP contribution is -1.95. The van der Waals surface area contributed by atoms with E-state index in [0.29, 0.717) is 0 Å². The van der Waals surface area contributed by atoms with Crippen molar-refractivity contribution in [2.75, 3.05) is 6.54 Å². The van der Waals surface area contributed by atoms with Crippen molar-refractivity contribution in [2.24, 2.45) is 0 Å². The highest BCUT2D eigenvalue weighted by Crippen LogP contribution is 2.29. The Balaban J connectivity index is 2.26. The first-order chi connectivity index (χ1) is 7.65. The van der Waals surface area contributed by atoms with E-state index in [4.69, 9.17) is 0 Å². The molecule has 4 nitrogen and oxygen atoms in total. The summed E-state index contributed by atoms with van der Waals surface area (Å²) in [5, 5.41) is 20.4. The quantitative estimate of drug-likeness (QED) is 0.657. The van der Waals surface area contributed by atoms with Gasteiger partial charge < -0.3 is 5.11 Å². The highest BCUT2D eigenvalue weighted by atomic mass is 32.1. The van der Waals surface area contributed by atoms with Gasteiger partial charge in [0.25, 0.3) is 0 Å². The Kier molecular flexibility index (Phi) is 2.87. The zero-order chi connectivity index (χ0) is 11.5. The first kappa shape index (κ1) is 10.6. The van der Waals surface area contributed by atoms with Crippen LogP contribution in [0.4, 0.5) is 0 Å². The Bertz CT molecular complexity index is 559.